The van der Waals surface area contributed by atoms with E-state index in [1.165, 1.54) is 12.1 Å². The summed E-state index contributed by atoms with van der Waals surface area (Å²) in [5.41, 5.74) is 5.58. The van der Waals surface area contributed by atoms with Gasteiger partial charge in [-0.25, -0.2) is 8.42 Å². The zero-order valence-electron chi connectivity index (χ0n) is 12.7. The highest BCUT2D eigenvalue weighted by Gasteiger charge is 2.26. The zero-order valence-corrected chi connectivity index (χ0v) is 13.5. The van der Waals surface area contributed by atoms with E-state index in [9.17, 15) is 13.2 Å². The van der Waals surface area contributed by atoms with Crippen molar-refractivity contribution >= 4 is 21.6 Å². The first-order chi connectivity index (χ1) is 10.9. The Bertz CT molecular complexity index is 758. The molecule has 23 heavy (non-hydrogen) atoms. The first kappa shape index (κ1) is 16.8. The highest BCUT2D eigenvalue weighted by molar-refractivity contribution is 7.92. The number of hydrogen-bond acceptors (Lipinski definition) is 4. The third-order valence-electron chi connectivity index (χ3n) is 3.07. The molecule has 2 rings (SSSR count). The fraction of sp³-hybridized carbons (Fsp3) is 0.188. The van der Waals surface area contributed by atoms with E-state index in [0.717, 1.165) is 4.31 Å². The summed E-state index contributed by atoms with van der Waals surface area (Å²) in [4.78, 5) is 11.4. The van der Waals surface area contributed by atoms with Gasteiger partial charge in [-0.1, -0.05) is 18.2 Å². The van der Waals surface area contributed by atoms with Crippen LogP contribution in [0.4, 0.5) is 5.69 Å². The third-order valence-corrected chi connectivity index (χ3v) is 4.85. The van der Waals surface area contributed by atoms with Crippen molar-refractivity contribution in [1.82, 2.24) is 0 Å². The number of rotatable bonds is 7. The molecule has 0 heterocycles. The lowest BCUT2D eigenvalue weighted by Crippen LogP contribution is -2.38. The van der Waals surface area contributed by atoms with E-state index < -0.39 is 22.5 Å². The molecule has 7 heteroatoms. The maximum atomic E-state index is 12.8. The second-order valence-corrected chi connectivity index (χ2v) is 6.58. The molecule has 2 aromatic rings. The molecule has 0 aromatic heterocycles. The summed E-state index contributed by atoms with van der Waals surface area (Å²) in [5.74, 6) is -0.157. The monoisotopic (exact) mass is 334 g/mol. The number of primary amides is 1. The van der Waals surface area contributed by atoms with Crippen molar-refractivity contribution in [3.05, 3.63) is 54.6 Å². The summed E-state index contributed by atoms with van der Waals surface area (Å²) in [6, 6.07) is 14.4. The predicted octanol–water partition coefficient (Wildman–Crippen LogP) is 1.77. The first-order valence-electron chi connectivity index (χ1n) is 7.04. The van der Waals surface area contributed by atoms with Gasteiger partial charge in [0.15, 0.2) is 0 Å². The van der Waals surface area contributed by atoms with Gasteiger partial charge in [0.2, 0.25) is 5.91 Å². The van der Waals surface area contributed by atoms with E-state index in [0.29, 0.717) is 18.0 Å². The van der Waals surface area contributed by atoms with Gasteiger partial charge in [0.1, 0.15) is 12.3 Å². The molecule has 0 bridgehead atoms. The minimum absolute atomic E-state index is 0.0612. The Morgan fingerprint density at radius 2 is 1.70 bits per heavy atom. The summed E-state index contributed by atoms with van der Waals surface area (Å²) in [6.45, 7) is 1.90. The molecule has 0 aliphatic carbocycles. The fourth-order valence-corrected chi connectivity index (χ4v) is 3.48. The maximum Gasteiger partial charge on any atom is 0.264 e. The Morgan fingerprint density at radius 1 is 1.09 bits per heavy atom. The van der Waals surface area contributed by atoms with Crippen LogP contribution >= 0.6 is 0 Å². The number of nitrogens with two attached hydrogens (primary N) is 1. The van der Waals surface area contributed by atoms with Gasteiger partial charge in [-0.3, -0.25) is 9.10 Å². The van der Waals surface area contributed by atoms with Gasteiger partial charge >= 0.3 is 0 Å². The van der Waals surface area contributed by atoms with Gasteiger partial charge in [0.05, 0.1) is 17.2 Å². The Balaban J connectivity index is 2.41. The van der Waals surface area contributed by atoms with Gasteiger partial charge in [0, 0.05) is 0 Å². The van der Waals surface area contributed by atoms with Crippen LogP contribution in [0.3, 0.4) is 0 Å². The number of para-hydroxylation sites is 1. The second kappa shape index (κ2) is 7.15. The van der Waals surface area contributed by atoms with Crippen molar-refractivity contribution in [2.24, 2.45) is 5.73 Å². The lowest BCUT2D eigenvalue weighted by atomic mass is 10.3. The van der Waals surface area contributed by atoms with Gasteiger partial charge in [-0.05, 0) is 43.3 Å². The molecule has 2 N–H and O–H groups in total. The van der Waals surface area contributed by atoms with Crippen LogP contribution in [0, 0.1) is 0 Å². The number of anilines is 1. The number of amides is 1. The van der Waals surface area contributed by atoms with E-state index in [1.54, 1.807) is 42.5 Å². The molecule has 0 unspecified atom stereocenters. The minimum Gasteiger partial charge on any atom is -0.494 e. The standard InChI is InChI=1S/C16H18N2O4S/c1-2-22-14-8-10-15(11-9-14)23(20,21)18(12-16(17)19)13-6-4-3-5-7-13/h3-11H,2,12H2,1H3,(H2,17,19). The number of benzene rings is 2. The molecule has 0 saturated carbocycles. The topological polar surface area (TPSA) is 89.7 Å². The van der Waals surface area contributed by atoms with Crippen LogP contribution in [0.15, 0.2) is 59.5 Å². The SMILES string of the molecule is CCOc1ccc(S(=O)(=O)N(CC(N)=O)c2ccccc2)cc1. The third kappa shape index (κ3) is 4.01. The van der Waals surface area contributed by atoms with Crippen LogP contribution in [-0.2, 0) is 14.8 Å². The smallest absolute Gasteiger partial charge is 0.264 e. The zero-order chi connectivity index (χ0) is 16.9. The van der Waals surface area contributed by atoms with E-state index in [2.05, 4.69) is 0 Å². The van der Waals surface area contributed by atoms with Crippen LogP contribution in [0.25, 0.3) is 0 Å². The molecule has 122 valence electrons. The number of carbonyl (C=O) groups excluding carboxylic acids is 1. The van der Waals surface area contributed by atoms with Crippen LogP contribution in [0.2, 0.25) is 0 Å². The maximum absolute atomic E-state index is 12.8. The molecule has 2 aromatic carbocycles. The molecule has 0 atom stereocenters. The molecule has 0 aliphatic heterocycles. The van der Waals surface area contributed by atoms with Crippen LogP contribution < -0.4 is 14.8 Å². The van der Waals surface area contributed by atoms with Gasteiger partial charge in [-0.15, -0.1) is 0 Å². The molecular weight excluding hydrogens is 316 g/mol. The van der Waals surface area contributed by atoms with Gasteiger partial charge in [0.25, 0.3) is 10.0 Å². The Kier molecular flexibility index (Phi) is 5.23. The summed E-state index contributed by atoms with van der Waals surface area (Å²) < 4.78 is 31.9. The van der Waals surface area contributed by atoms with E-state index in [-0.39, 0.29) is 4.90 Å². The normalized spacial score (nSPS) is 11.0. The average molecular weight is 334 g/mol. The Morgan fingerprint density at radius 3 is 2.22 bits per heavy atom. The summed E-state index contributed by atoms with van der Waals surface area (Å²) >= 11 is 0. The van der Waals surface area contributed by atoms with Crippen molar-refractivity contribution in [3.8, 4) is 5.75 Å². The van der Waals surface area contributed by atoms with E-state index in [4.69, 9.17) is 10.5 Å². The highest BCUT2D eigenvalue weighted by Crippen LogP contribution is 2.24. The fourth-order valence-electron chi connectivity index (χ4n) is 2.05. The Hall–Kier alpha value is -2.54. The largest absolute Gasteiger partial charge is 0.494 e. The van der Waals surface area contributed by atoms with Crippen molar-refractivity contribution in [2.75, 3.05) is 17.5 Å². The molecule has 0 radical (unpaired) electrons. The highest BCUT2D eigenvalue weighted by atomic mass is 32.2. The van der Waals surface area contributed by atoms with Crippen molar-refractivity contribution < 1.29 is 17.9 Å². The molecule has 0 saturated heterocycles. The average Bonchev–Trinajstić information content (AvgIpc) is 2.54. The number of hydrogen-bond donors (Lipinski definition) is 1. The number of carbonyl (C=O) groups is 1. The second-order valence-electron chi connectivity index (χ2n) is 4.72. The lowest BCUT2D eigenvalue weighted by Gasteiger charge is -2.23. The summed E-state index contributed by atoms with van der Waals surface area (Å²) in [7, 11) is -3.90. The van der Waals surface area contributed by atoms with Crippen LogP contribution in [-0.4, -0.2) is 27.5 Å². The quantitative estimate of drug-likeness (QED) is 0.835. The minimum atomic E-state index is -3.90. The summed E-state index contributed by atoms with van der Waals surface area (Å²) in [5, 5.41) is 0. The number of sulfonamides is 1. The molecule has 0 spiro atoms. The van der Waals surface area contributed by atoms with Crippen LogP contribution in [0.5, 0.6) is 5.75 Å². The van der Waals surface area contributed by atoms with Gasteiger partial charge in [-0.2, -0.15) is 0 Å². The first-order valence-corrected chi connectivity index (χ1v) is 8.48. The summed E-state index contributed by atoms with van der Waals surface area (Å²) in [6.07, 6.45) is 0. The number of ether oxygens (including phenoxy) is 1. The van der Waals surface area contributed by atoms with Gasteiger partial charge < -0.3 is 10.5 Å². The molecule has 0 aliphatic rings. The predicted molar refractivity (Wildman–Crippen MR) is 87.8 cm³/mol. The van der Waals surface area contributed by atoms with Crippen molar-refractivity contribution in [2.45, 2.75) is 11.8 Å². The van der Waals surface area contributed by atoms with E-state index in [1.807, 2.05) is 6.92 Å². The molecular formula is C16H18N2O4S. The molecule has 0 fully saturated rings. The molecule has 6 nitrogen and oxygen atoms in total. The van der Waals surface area contributed by atoms with E-state index >= 15 is 0 Å². The molecule has 1 amide bonds. The number of nitrogens with zero attached hydrogens (tertiary/aromatic N) is 1. The van der Waals surface area contributed by atoms with Crippen molar-refractivity contribution in [1.29, 1.82) is 0 Å². The van der Waals surface area contributed by atoms with Crippen molar-refractivity contribution in [3.63, 3.8) is 0 Å². The Labute approximate surface area is 135 Å². The van der Waals surface area contributed by atoms with Crippen LogP contribution in [0.1, 0.15) is 6.92 Å². The lowest BCUT2D eigenvalue weighted by molar-refractivity contribution is -0.116.